The van der Waals surface area contributed by atoms with Crippen molar-refractivity contribution in [1.29, 1.82) is 0 Å². The Balaban J connectivity index is 2.31. The lowest BCUT2D eigenvalue weighted by molar-refractivity contribution is 0.0696. The molecule has 5 heteroatoms. The first-order valence-electron chi connectivity index (χ1n) is 7.18. The maximum absolute atomic E-state index is 11.3. The standard InChI is InChI=1S/C15H23N3O2/c1-10(2)13-8-11(15(19)20)9-14(17-13)18(3)12-4-6-16-7-5-12/h8-10,12,16H,4-7H2,1-3H3,(H,19,20). The molecule has 0 aliphatic carbocycles. The zero-order chi connectivity index (χ0) is 14.7. The van der Waals surface area contributed by atoms with Gasteiger partial charge in [0.15, 0.2) is 0 Å². The second kappa shape index (κ2) is 6.22. The van der Waals surface area contributed by atoms with Crippen LogP contribution in [0.5, 0.6) is 0 Å². The predicted molar refractivity (Wildman–Crippen MR) is 79.6 cm³/mol. The molecule has 0 aromatic carbocycles. The lowest BCUT2D eigenvalue weighted by Crippen LogP contribution is -2.41. The molecule has 0 saturated carbocycles. The third kappa shape index (κ3) is 3.28. The van der Waals surface area contributed by atoms with E-state index in [0.29, 0.717) is 11.6 Å². The molecule has 1 aromatic heterocycles. The minimum absolute atomic E-state index is 0.217. The molecule has 0 amide bonds. The quantitative estimate of drug-likeness (QED) is 0.882. The van der Waals surface area contributed by atoms with Gasteiger partial charge in [-0.15, -0.1) is 0 Å². The van der Waals surface area contributed by atoms with E-state index in [0.717, 1.165) is 37.4 Å². The van der Waals surface area contributed by atoms with Gasteiger partial charge < -0.3 is 15.3 Å². The third-order valence-corrected chi connectivity index (χ3v) is 3.89. The van der Waals surface area contributed by atoms with Gasteiger partial charge in [0.2, 0.25) is 0 Å². The summed E-state index contributed by atoms with van der Waals surface area (Å²) in [6.45, 7) is 6.07. The van der Waals surface area contributed by atoms with Crippen molar-refractivity contribution in [2.24, 2.45) is 0 Å². The van der Waals surface area contributed by atoms with Gasteiger partial charge in [0.25, 0.3) is 0 Å². The van der Waals surface area contributed by atoms with Crippen molar-refractivity contribution >= 4 is 11.8 Å². The van der Waals surface area contributed by atoms with Crippen LogP contribution in [0.1, 0.15) is 48.7 Å². The minimum atomic E-state index is -0.894. The fraction of sp³-hybridized carbons (Fsp3) is 0.600. The van der Waals surface area contributed by atoms with E-state index >= 15 is 0 Å². The van der Waals surface area contributed by atoms with Crippen LogP contribution in [-0.2, 0) is 0 Å². The highest BCUT2D eigenvalue weighted by molar-refractivity contribution is 5.88. The number of rotatable bonds is 4. The van der Waals surface area contributed by atoms with Crippen LogP contribution in [0.2, 0.25) is 0 Å². The molecule has 1 saturated heterocycles. The smallest absolute Gasteiger partial charge is 0.335 e. The highest BCUT2D eigenvalue weighted by Gasteiger charge is 2.21. The lowest BCUT2D eigenvalue weighted by Gasteiger charge is -2.33. The molecule has 1 aliphatic heterocycles. The van der Waals surface area contributed by atoms with E-state index in [4.69, 9.17) is 0 Å². The molecule has 0 unspecified atom stereocenters. The van der Waals surface area contributed by atoms with Crippen LogP contribution in [0.15, 0.2) is 12.1 Å². The Hall–Kier alpha value is -1.62. The highest BCUT2D eigenvalue weighted by atomic mass is 16.4. The van der Waals surface area contributed by atoms with E-state index in [2.05, 4.69) is 15.2 Å². The van der Waals surface area contributed by atoms with Crippen molar-refractivity contribution in [1.82, 2.24) is 10.3 Å². The summed E-state index contributed by atoms with van der Waals surface area (Å²) in [5.74, 6) is 0.0873. The molecule has 5 nitrogen and oxygen atoms in total. The monoisotopic (exact) mass is 277 g/mol. The summed E-state index contributed by atoms with van der Waals surface area (Å²) in [5, 5.41) is 12.6. The summed E-state index contributed by atoms with van der Waals surface area (Å²) in [6.07, 6.45) is 2.12. The summed E-state index contributed by atoms with van der Waals surface area (Å²) in [7, 11) is 2.01. The second-order valence-electron chi connectivity index (χ2n) is 5.69. The molecular formula is C15H23N3O2. The number of carboxylic acids is 1. The average molecular weight is 277 g/mol. The number of piperidine rings is 1. The van der Waals surface area contributed by atoms with Gasteiger partial charge in [-0.3, -0.25) is 0 Å². The molecule has 20 heavy (non-hydrogen) atoms. The molecule has 2 heterocycles. The van der Waals surface area contributed by atoms with Crippen molar-refractivity contribution in [2.75, 3.05) is 25.0 Å². The van der Waals surface area contributed by atoms with Crippen molar-refractivity contribution < 1.29 is 9.90 Å². The number of pyridine rings is 1. The van der Waals surface area contributed by atoms with Crippen LogP contribution in [0, 0.1) is 0 Å². The Morgan fingerprint density at radius 2 is 2.05 bits per heavy atom. The molecule has 1 aromatic rings. The topological polar surface area (TPSA) is 65.5 Å². The van der Waals surface area contributed by atoms with Gasteiger partial charge in [-0.25, -0.2) is 9.78 Å². The molecule has 2 rings (SSSR count). The van der Waals surface area contributed by atoms with Crippen LogP contribution < -0.4 is 10.2 Å². The Labute approximate surface area is 120 Å². The van der Waals surface area contributed by atoms with E-state index in [9.17, 15) is 9.90 Å². The van der Waals surface area contributed by atoms with E-state index in [1.807, 2.05) is 20.9 Å². The third-order valence-electron chi connectivity index (χ3n) is 3.89. The zero-order valence-corrected chi connectivity index (χ0v) is 12.4. The summed E-state index contributed by atoms with van der Waals surface area (Å²) < 4.78 is 0. The Bertz CT molecular complexity index is 482. The van der Waals surface area contributed by atoms with Crippen LogP contribution in [-0.4, -0.2) is 42.2 Å². The molecule has 2 N–H and O–H groups in total. The van der Waals surface area contributed by atoms with Crippen molar-refractivity contribution in [3.63, 3.8) is 0 Å². The van der Waals surface area contributed by atoms with Crippen LogP contribution in [0.3, 0.4) is 0 Å². The molecule has 0 spiro atoms. The van der Waals surface area contributed by atoms with Crippen molar-refractivity contribution in [3.8, 4) is 0 Å². The molecular weight excluding hydrogens is 254 g/mol. The van der Waals surface area contributed by atoms with Gasteiger partial charge in [0.1, 0.15) is 5.82 Å². The van der Waals surface area contributed by atoms with Gasteiger partial charge >= 0.3 is 5.97 Å². The first kappa shape index (κ1) is 14.8. The second-order valence-corrected chi connectivity index (χ2v) is 5.69. The molecule has 0 atom stereocenters. The Morgan fingerprint density at radius 1 is 1.40 bits per heavy atom. The molecule has 110 valence electrons. The van der Waals surface area contributed by atoms with Gasteiger partial charge in [0, 0.05) is 18.8 Å². The van der Waals surface area contributed by atoms with Gasteiger partial charge in [-0.2, -0.15) is 0 Å². The molecule has 1 aliphatic rings. The number of nitrogens with one attached hydrogen (secondary N) is 1. The number of nitrogens with zero attached hydrogens (tertiary/aromatic N) is 2. The number of hydrogen-bond donors (Lipinski definition) is 2. The first-order chi connectivity index (χ1) is 9.49. The zero-order valence-electron chi connectivity index (χ0n) is 12.4. The Kier molecular flexibility index (Phi) is 4.60. The number of carboxylic acid groups (broad SMARTS) is 1. The van der Waals surface area contributed by atoms with E-state index < -0.39 is 5.97 Å². The normalized spacial score (nSPS) is 16.4. The number of carbonyl (C=O) groups is 1. The van der Waals surface area contributed by atoms with Crippen molar-refractivity contribution in [3.05, 3.63) is 23.4 Å². The van der Waals surface area contributed by atoms with Gasteiger partial charge in [-0.05, 0) is 44.0 Å². The number of hydrogen-bond acceptors (Lipinski definition) is 4. The molecule has 1 fully saturated rings. The Morgan fingerprint density at radius 3 is 2.60 bits per heavy atom. The van der Waals surface area contributed by atoms with Crippen LogP contribution in [0.4, 0.5) is 5.82 Å². The van der Waals surface area contributed by atoms with Crippen LogP contribution in [0.25, 0.3) is 0 Å². The number of aromatic carboxylic acids is 1. The summed E-state index contributed by atoms with van der Waals surface area (Å²) in [4.78, 5) is 18.0. The summed E-state index contributed by atoms with van der Waals surface area (Å²) in [5.41, 5.74) is 1.15. The first-order valence-corrected chi connectivity index (χ1v) is 7.18. The fourth-order valence-electron chi connectivity index (χ4n) is 2.52. The predicted octanol–water partition coefficient (Wildman–Crippen LogP) is 2.09. The van der Waals surface area contributed by atoms with Gasteiger partial charge in [-0.1, -0.05) is 13.8 Å². The lowest BCUT2D eigenvalue weighted by atomic mass is 10.0. The number of anilines is 1. The highest BCUT2D eigenvalue weighted by Crippen LogP contribution is 2.23. The number of aromatic nitrogens is 1. The van der Waals surface area contributed by atoms with E-state index in [1.165, 1.54) is 0 Å². The van der Waals surface area contributed by atoms with E-state index in [-0.39, 0.29) is 5.92 Å². The maximum Gasteiger partial charge on any atom is 0.335 e. The SMILES string of the molecule is CC(C)c1cc(C(=O)O)cc(N(C)C2CCNCC2)n1. The fourth-order valence-corrected chi connectivity index (χ4v) is 2.52. The largest absolute Gasteiger partial charge is 0.478 e. The average Bonchev–Trinajstić information content (AvgIpc) is 2.46. The van der Waals surface area contributed by atoms with Crippen LogP contribution >= 0.6 is 0 Å². The summed E-state index contributed by atoms with van der Waals surface area (Å²) in [6, 6.07) is 3.77. The molecule has 0 radical (unpaired) electrons. The van der Waals surface area contributed by atoms with Crippen molar-refractivity contribution in [2.45, 2.75) is 38.6 Å². The summed E-state index contributed by atoms with van der Waals surface area (Å²) >= 11 is 0. The maximum atomic E-state index is 11.3. The van der Waals surface area contributed by atoms with E-state index in [1.54, 1.807) is 12.1 Å². The molecule has 0 bridgehead atoms. The minimum Gasteiger partial charge on any atom is -0.478 e. The van der Waals surface area contributed by atoms with Gasteiger partial charge in [0.05, 0.1) is 5.56 Å².